The Kier molecular flexibility index (Phi) is 6.04. The Bertz CT molecular complexity index is 249. The van der Waals surface area contributed by atoms with Gasteiger partial charge in [-0.05, 0) is 20.3 Å². The molecule has 0 bridgehead atoms. The van der Waals surface area contributed by atoms with Crippen LogP contribution in [0.25, 0.3) is 0 Å². The van der Waals surface area contributed by atoms with E-state index in [-0.39, 0.29) is 11.9 Å². The normalized spacial score (nSPS) is 17.0. The van der Waals surface area contributed by atoms with Crippen LogP contribution in [0.5, 0.6) is 0 Å². The van der Waals surface area contributed by atoms with Crippen molar-refractivity contribution in [2.24, 2.45) is 0 Å². The molecule has 0 radical (unpaired) electrons. The highest BCUT2D eigenvalue weighted by Crippen LogP contribution is 2.06. The van der Waals surface area contributed by atoms with Gasteiger partial charge in [0.1, 0.15) is 0 Å². The highest BCUT2D eigenvalue weighted by molar-refractivity contribution is 7.90. The molecule has 2 N–H and O–H groups in total. The van der Waals surface area contributed by atoms with E-state index in [1.54, 1.807) is 13.8 Å². The third-order valence-corrected chi connectivity index (χ3v) is 3.91. The topological polar surface area (TPSA) is 66.4 Å². The fourth-order valence-electron chi connectivity index (χ4n) is 0.940. The molecule has 0 saturated carbocycles. The van der Waals surface area contributed by atoms with Gasteiger partial charge in [0.2, 0.25) is 10.0 Å². The summed E-state index contributed by atoms with van der Waals surface area (Å²) in [6, 6.07) is -0.435. The van der Waals surface area contributed by atoms with Gasteiger partial charge in [-0.1, -0.05) is 6.92 Å². The van der Waals surface area contributed by atoms with Crippen molar-refractivity contribution in [2.45, 2.75) is 43.7 Å². The number of rotatable bonds is 6. The predicted octanol–water partition coefficient (Wildman–Crippen LogP) is 0.383. The Morgan fingerprint density at radius 2 is 1.86 bits per heavy atom. The molecule has 0 fully saturated rings. The summed E-state index contributed by atoms with van der Waals surface area (Å²) in [6.07, 6.45) is 0.519. The quantitative estimate of drug-likeness (QED) is 0.589. The minimum atomic E-state index is -3.30. The van der Waals surface area contributed by atoms with Crippen molar-refractivity contribution in [2.75, 3.05) is 6.61 Å². The van der Waals surface area contributed by atoms with E-state index in [0.717, 1.165) is 0 Å². The van der Waals surface area contributed by atoms with Crippen LogP contribution in [0.2, 0.25) is 0 Å². The summed E-state index contributed by atoms with van der Waals surface area (Å²) in [5.41, 5.74) is 0. The first-order valence-electron chi connectivity index (χ1n) is 4.59. The molecule has 6 heteroatoms. The summed E-state index contributed by atoms with van der Waals surface area (Å²) in [6.45, 7) is 4.86. The monoisotopic (exact) mass is 241 g/mol. The summed E-state index contributed by atoms with van der Waals surface area (Å²) in [5.74, 6) is 0. The van der Waals surface area contributed by atoms with Crippen molar-refractivity contribution >= 4 is 22.7 Å². The van der Waals surface area contributed by atoms with E-state index in [1.807, 2.05) is 6.92 Å². The molecule has 0 heterocycles. The van der Waals surface area contributed by atoms with Crippen LogP contribution in [0.15, 0.2) is 0 Å². The third-order valence-electron chi connectivity index (χ3n) is 1.80. The lowest BCUT2D eigenvalue weighted by molar-refractivity contribution is 0.250. The Morgan fingerprint density at radius 3 is 2.14 bits per heavy atom. The highest BCUT2D eigenvalue weighted by Gasteiger charge is 2.21. The molecule has 86 valence electrons. The number of aliphatic hydroxyl groups is 1. The molecule has 0 aliphatic carbocycles. The molecule has 4 nitrogen and oxygen atoms in total. The average molecular weight is 241 g/mol. The van der Waals surface area contributed by atoms with E-state index in [2.05, 4.69) is 17.4 Å². The molecule has 0 aromatic heterocycles. The molecule has 0 spiro atoms. The molecule has 0 saturated heterocycles. The van der Waals surface area contributed by atoms with Gasteiger partial charge in [0, 0.05) is 11.3 Å². The van der Waals surface area contributed by atoms with Crippen molar-refractivity contribution in [3.8, 4) is 0 Å². The summed E-state index contributed by atoms with van der Waals surface area (Å²) in [7, 11) is -3.30. The Morgan fingerprint density at radius 1 is 1.36 bits per heavy atom. The fraction of sp³-hybridized carbons (Fsp3) is 1.00. The van der Waals surface area contributed by atoms with Crippen LogP contribution in [0.3, 0.4) is 0 Å². The minimum Gasteiger partial charge on any atom is -0.395 e. The van der Waals surface area contributed by atoms with Gasteiger partial charge in [-0.2, -0.15) is 12.6 Å². The zero-order valence-corrected chi connectivity index (χ0v) is 10.5. The Balaban J connectivity index is 4.32. The molecule has 0 unspecified atom stereocenters. The van der Waals surface area contributed by atoms with Crippen LogP contribution < -0.4 is 4.72 Å². The molecule has 0 rings (SSSR count). The average Bonchev–Trinajstić information content (AvgIpc) is 2.01. The Hall–Kier alpha value is 0.220. The molecule has 0 aliphatic rings. The second-order valence-electron chi connectivity index (χ2n) is 3.68. The molecule has 0 amide bonds. The van der Waals surface area contributed by atoms with Crippen LogP contribution in [-0.4, -0.2) is 36.7 Å². The van der Waals surface area contributed by atoms with Crippen molar-refractivity contribution in [1.82, 2.24) is 4.72 Å². The van der Waals surface area contributed by atoms with E-state index in [1.165, 1.54) is 0 Å². The smallest absolute Gasteiger partial charge is 0.214 e. The number of hydrogen-bond donors (Lipinski definition) is 3. The maximum absolute atomic E-state index is 11.4. The van der Waals surface area contributed by atoms with E-state index in [9.17, 15) is 8.42 Å². The van der Waals surface area contributed by atoms with Crippen molar-refractivity contribution < 1.29 is 13.5 Å². The SMILES string of the molecule is CC(C)S(=O)(=O)N[C@@H](CO)C[C@H](C)S. The Labute approximate surface area is 91.6 Å². The second-order valence-corrected chi connectivity index (χ2v) is 6.83. The van der Waals surface area contributed by atoms with E-state index in [0.29, 0.717) is 6.42 Å². The highest BCUT2D eigenvalue weighted by atomic mass is 32.2. The summed E-state index contributed by atoms with van der Waals surface area (Å²) < 4.78 is 25.3. The molecule has 2 atom stereocenters. The lowest BCUT2D eigenvalue weighted by Crippen LogP contribution is -2.42. The molecule has 0 aliphatic heterocycles. The maximum atomic E-state index is 11.4. The van der Waals surface area contributed by atoms with Gasteiger partial charge < -0.3 is 5.11 Å². The van der Waals surface area contributed by atoms with E-state index < -0.39 is 21.3 Å². The lowest BCUT2D eigenvalue weighted by atomic mass is 10.2. The first kappa shape index (κ1) is 14.2. The van der Waals surface area contributed by atoms with Gasteiger partial charge in [0.15, 0.2) is 0 Å². The van der Waals surface area contributed by atoms with E-state index in [4.69, 9.17) is 5.11 Å². The number of nitrogens with one attached hydrogen (secondary N) is 1. The molecule has 0 aromatic rings. The van der Waals surface area contributed by atoms with E-state index >= 15 is 0 Å². The van der Waals surface area contributed by atoms with Gasteiger partial charge >= 0.3 is 0 Å². The number of thiol groups is 1. The third kappa shape index (κ3) is 5.19. The van der Waals surface area contributed by atoms with Gasteiger partial charge in [0.25, 0.3) is 0 Å². The van der Waals surface area contributed by atoms with Gasteiger partial charge in [-0.3, -0.25) is 0 Å². The minimum absolute atomic E-state index is 0.0574. The largest absolute Gasteiger partial charge is 0.395 e. The molecular formula is C8H19NO3S2. The van der Waals surface area contributed by atoms with Gasteiger partial charge in [0.05, 0.1) is 11.9 Å². The predicted molar refractivity (Wildman–Crippen MR) is 61.1 cm³/mol. The van der Waals surface area contributed by atoms with Gasteiger partial charge in [-0.15, -0.1) is 0 Å². The first-order valence-corrected chi connectivity index (χ1v) is 6.66. The zero-order valence-electron chi connectivity index (χ0n) is 8.77. The summed E-state index contributed by atoms with van der Waals surface area (Å²) >= 11 is 4.15. The van der Waals surface area contributed by atoms with Crippen LogP contribution in [-0.2, 0) is 10.0 Å². The van der Waals surface area contributed by atoms with Crippen molar-refractivity contribution in [1.29, 1.82) is 0 Å². The maximum Gasteiger partial charge on any atom is 0.214 e. The van der Waals surface area contributed by atoms with Crippen LogP contribution >= 0.6 is 12.6 Å². The number of aliphatic hydroxyl groups excluding tert-OH is 1. The van der Waals surface area contributed by atoms with Crippen LogP contribution in [0.4, 0.5) is 0 Å². The van der Waals surface area contributed by atoms with Gasteiger partial charge in [-0.25, -0.2) is 13.1 Å². The van der Waals surface area contributed by atoms with Crippen LogP contribution in [0.1, 0.15) is 27.2 Å². The second kappa shape index (κ2) is 5.95. The molecule has 0 aromatic carbocycles. The number of hydrogen-bond acceptors (Lipinski definition) is 4. The van der Waals surface area contributed by atoms with Crippen LogP contribution in [0, 0.1) is 0 Å². The molecule has 14 heavy (non-hydrogen) atoms. The lowest BCUT2D eigenvalue weighted by Gasteiger charge is -2.19. The summed E-state index contributed by atoms with van der Waals surface area (Å²) in [4.78, 5) is 0. The molecular weight excluding hydrogens is 222 g/mol. The van der Waals surface area contributed by atoms with Crippen molar-refractivity contribution in [3.05, 3.63) is 0 Å². The number of sulfonamides is 1. The first-order chi connectivity index (χ1) is 6.29. The standard InChI is InChI=1S/C8H19NO3S2/c1-6(2)14(11,12)9-8(5-10)4-7(3)13/h6-10,13H,4-5H2,1-3H3/t7-,8+/m0/s1. The summed E-state index contributed by atoms with van der Waals surface area (Å²) in [5, 5.41) is 8.54. The van der Waals surface area contributed by atoms with Crippen molar-refractivity contribution in [3.63, 3.8) is 0 Å². The zero-order chi connectivity index (χ0) is 11.4. The fourth-order valence-corrected chi connectivity index (χ4v) is 2.10.